The molecule has 0 aromatic carbocycles. The maximum atomic E-state index is 9.35. The summed E-state index contributed by atoms with van der Waals surface area (Å²) < 4.78 is 0. The molecule has 0 radical (unpaired) electrons. The molecule has 0 bridgehead atoms. The first-order valence-corrected chi connectivity index (χ1v) is 8.02. The van der Waals surface area contributed by atoms with E-state index in [1.165, 1.54) is 37.2 Å². The average molecular weight is 254 g/mol. The summed E-state index contributed by atoms with van der Waals surface area (Å²) in [5.74, 6) is 3.86. The highest BCUT2D eigenvalue weighted by atomic mass is 32.2. The second kappa shape index (κ2) is 7.28. The van der Waals surface area contributed by atoms with Crippen molar-refractivity contribution in [2.45, 2.75) is 51.5 Å². The Morgan fingerprint density at radius 1 is 1.59 bits per heavy atom. The topological polar surface area (TPSA) is 35.8 Å². The van der Waals surface area contributed by atoms with Crippen molar-refractivity contribution >= 4 is 11.8 Å². The highest BCUT2D eigenvalue weighted by Gasteiger charge is 2.41. The maximum absolute atomic E-state index is 9.35. The van der Waals surface area contributed by atoms with Crippen LogP contribution in [0.15, 0.2) is 0 Å². The molecule has 1 aliphatic rings. The van der Waals surface area contributed by atoms with Crippen LogP contribution in [-0.2, 0) is 0 Å². The minimum atomic E-state index is -0.225. The van der Waals surface area contributed by atoms with Crippen LogP contribution in [0.2, 0.25) is 0 Å². The van der Waals surface area contributed by atoms with Crippen LogP contribution in [-0.4, -0.2) is 24.1 Å². The van der Waals surface area contributed by atoms with E-state index in [1.807, 2.05) is 7.05 Å². The first-order chi connectivity index (χ1) is 8.18. The molecule has 0 aromatic rings. The zero-order valence-electron chi connectivity index (χ0n) is 11.5. The lowest BCUT2D eigenvalue weighted by molar-refractivity contribution is 0.332. The third-order valence-electron chi connectivity index (χ3n) is 4.18. The Kier molecular flexibility index (Phi) is 6.37. The molecule has 1 fully saturated rings. The van der Waals surface area contributed by atoms with Gasteiger partial charge in [-0.2, -0.15) is 17.0 Å². The van der Waals surface area contributed by atoms with Crippen LogP contribution in [0.1, 0.15) is 46.0 Å². The van der Waals surface area contributed by atoms with Crippen molar-refractivity contribution in [1.29, 1.82) is 5.26 Å². The highest BCUT2D eigenvalue weighted by molar-refractivity contribution is 7.99. The molecule has 98 valence electrons. The van der Waals surface area contributed by atoms with E-state index in [-0.39, 0.29) is 5.54 Å². The van der Waals surface area contributed by atoms with Gasteiger partial charge in [-0.05, 0) is 49.7 Å². The predicted molar refractivity (Wildman–Crippen MR) is 76.1 cm³/mol. The first kappa shape index (κ1) is 14.9. The molecule has 0 aromatic heterocycles. The van der Waals surface area contributed by atoms with E-state index in [0.717, 1.165) is 12.3 Å². The quantitative estimate of drug-likeness (QED) is 0.707. The Morgan fingerprint density at radius 3 is 2.94 bits per heavy atom. The van der Waals surface area contributed by atoms with Gasteiger partial charge in [0.05, 0.1) is 6.07 Å². The van der Waals surface area contributed by atoms with Crippen molar-refractivity contribution in [3.63, 3.8) is 0 Å². The zero-order valence-corrected chi connectivity index (χ0v) is 12.3. The Morgan fingerprint density at radius 2 is 2.35 bits per heavy atom. The molecule has 3 heteroatoms. The summed E-state index contributed by atoms with van der Waals surface area (Å²) in [6.45, 7) is 4.57. The number of thioether (sulfide) groups is 1. The zero-order chi connectivity index (χ0) is 12.7. The largest absolute Gasteiger partial charge is 0.302 e. The molecule has 17 heavy (non-hydrogen) atoms. The Bertz CT molecular complexity index is 261. The minimum Gasteiger partial charge on any atom is -0.302 e. The number of hydrogen-bond acceptors (Lipinski definition) is 3. The lowest BCUT2D eigenvalue weighted by atomic mass is 9.87. The summed E-state index contributed by atoms with van der Waals surface area (Å²) in [5.41, 5.74) is -0.225. The molecule has 2 nitrogen and oxygen atoms in total. The molecule has 0 amide bonds. The minimum absolute atomic E-state index is 0.225. The van der Waals surface area contributed by atoms with Gasteiger partial charge in [-0.15, -0.1) is 0 Å². The predicted octanol–water partition coefficient (Wildman–Crippen LogP) is 3.44. The Balaban J connectivity index is 2.29. The maximum Gasteiger partial charge on any atom is 0.109 e. The summed E-state index contributed by atoms with van der Waals surface area (Å²) in [4.78, 5) is 0. The van der Waals surface area contributed by atoms with Crippen molar-refractivity contribution in [2.24, 2.45) is 11.8 Å². The number of nitrogens with one attached hydrogen (secondary N) is 1. The van der Waals surface area contributed by atoms with Gasteiger partial charge in [-0.3, -0.25) is 0 Å². The van der Waals surface area contributed by atoms with Crippen molar-refractivity contribution < 1.29 is 0 Å². The van der Waals surface area contributed by atoms with Gasteiger partial charge in [0.1, 0.15) is 5.54 Å². The fraction of sp³-hybridized carbons (Fsp3) is 0.929. The van der Waals surface area contributed by atoms with Crippen molar-refractivity contribution in [2.75, 3.05) is 18.6 Å². The molecule has 1 aliphatic carbocycles. The van der Waals surface area contributed by atoms with E-state index in [1.54, 1.807) is 0 Å². The number of nitriles is 1. The van der Waals surface area contributed by atoms with Crippen LogP contribution in [0.25, 0.3) is 0 Å². The van der Waals surface area contributed by atoms with Crippen LogP contribution in [0.4, 0.5) is 0 Å². The number of rotatable bonds is 7. The van der Waals surface area contributed by atoms with Crippen LogP contribution in [0.3, 0.4) is 0 Å². The lowest BCUT2D eigenvalue weighted by Gasteiger charge is -2.28. The average Bonchev–Trinajstić information content (AvgIpc) is 2.77. The van der Waals surface area contributed by atoms with Crippen LogP contribution >= 0.6 is 11.8 Å². The van der Waals surface area contributed by atoms with Gasteiger partial charge < -0.3 is 5.32 Å². The SMILES string of the molecule is CCC(C)CSCCC1CCCC1(C#N)NC. The van der Waals surface area contributed by atoms with E-state index in [0.29, 0.717) is 5.92 Å². The van der Waals surface area contributed by atoms with Crippen LogP contribution < -0.4 is 5.32 Å². The van der Waals surface area contributed by atoms with Crippen molar-refractivity contribution in [3.8, 4) is 6.07 Å². The van der Waals surface area contributed by atoms with Gasteiger partial charge in [-0.25, -0.2) is 0 Å². The van der Waals surface area contributed by atoms with E-state index in [4.69, 9.17) is 0 Å². The third-order valence-corrected chi connectivity index (χ3v) is 5.51. The molecular weight excluding hydrogens is 228 g/mol. The smallest absolute Gasteiger partial charge is 0.109 e. The number of nitrogens with zero attached hydrogens (tertiary/aromatic N) is 1. The van der Waals surface area contributed by atoms with E-state index in [9.17, 15) is 5.26 Å². The summed E-state index contributed by atoms with van der Waals surface area (Å²) in [5, 5.41) is 12.6. The highest BCUT2D eigenvalue weighted by Crippen LogP contribution is 2.38. The summed E-state index contributed by atoms with van der Waals surface area (Å²) in [7, 11) is 1.94. The molecule has 0 spiro atoms. The molecule has 1 rings (SSSR count). The molecular formula is C14H26N2S. The summed E-state index contributed by atoms with van der Waals surface area (Å²) in [6, 6.07) is 2.52. The molecule has 0 heterocycles. The summed E-state index contributed by atoms with van der Waals surface area (Å²) >= 11 is 2.06. The standard InChI is InChI=1S/C14H26N2S/c1-4-12(2)10-17-9-7-13-6-5-8-14(13,11-15)16-3/h12-13,16H,4-10H2,1-3H3. The molecule has 0 aliphatic heterocycles. The van der Waals surface area contributed by atoms with Crippen LogP contribution in [0.5, 0.6) is 0 Å². The lowest BCUT2D eigenvalue weighted by Crippen LogP contribution is -2.44. The van der Waals surface area contributed by atoms with Gasteiger partial charge in [0.15, 0.2) is 0 Å². The van der Waals surface area contributed by atoms with Gasteiger partial charge in [0, 0.05) is 0 Å². The molecule has 1 saturated carbocycles. The van der Waals surface area contributed by atoms with Crippen LogP contribution in [0, 0.1) is 23.2 Å². The van der Waals surface area contributed by atoms with E-state index in [2.05, 4.69) is 37.0 Å². The fourth-order valence-electron chi connectivity index (χ4n) is 2.63. The normalized spacial score (nSPS) is 30.1. The molecule has 3 atom stereocenters. The van der Waals surface area contributed by atoms with Crippen molar-refractivity contribution in [3.05, 3.63) is 0 Å². The second-order valence-electron chi connectivity index (χ2n) is 5.30. The Hall–Kier alpha value is -0.200. The van der Waals surface area contributed by atoms with Crippen molar-refractivity contribution in [1.82, 2.24) is 5.32 Å². The third kappa shape index (κ3) is 3.89. The molecule has 3 unspecified atom stereocenters. The van der Waals surface area contributed by atoms with E-state index >= 15 is 0 Å². The van der Waals surface area contributed by atoms with E-state index < -0.39 is 0 Å². The van der Waals surface area contributed by atoms with Gasteiger partial charge >= 0.3 is 0 Å². The Labute approximate surface area is 111 Å². The second-order valence-corrected chi connectivity index (χ2v) is 6.45. The monoisotopic (exact) mass is 254 g/mol. The molecule has 1 N–H and O–H groups in total. The molecule has 0 saturated heterocycles. The van der Waals surface area contributed by atoms with Gasteiger partial charge in [0.25, 0.3) is 0 Å². The van der Waals surface area contributed by atoms with Gasteiger partial charge in [0.2, 0.25) is 0 Å². The fourth-order valence-corrected chi connectivity index (χ4v) is 3.88. The number of hydrogen-bond donors (Lipinski definition) is 1. The van der Waals surface area contributed by atoms with Gasteiger partial charge in [-0.1, -0.05) is 26.7 Å². The summed E-state index contributed by atoms with van der Waals surface area (Å²) in [6.07, 6.45) is 5.92. The first-order valence-electron chi connectivity index (χ1n) is 6.86.